The number of hydrogen-bond acceptors (Lipinski definition) is 0. The van der Waals surface area contributed by atoms with Crippen molar-refractivity contribution in [2.45, 2.75) is 46.5 Å². The SMILES string of the molecule is C/C=C1/CC(C)=C(CCC)C1. The molecule has 0 saturated carbocycles. The molecule has 1 aliphatic carbocycles. The summed E-state index contributed by atoms with van der Waals surface area (Å²) in [5.74, 6) is 0. The molecule has 0 aromatic carbocycles. The Balaban J connectivity index is 2.59. The molecule has 0 bridgehead atoms. The van der Waals surface area contributed by atoms with Crippen molar-refractivity contribution in [3.63, 3.8) is 0 Å². The Hall–Kier alpha value is -0.520. The first kappa shape index (κ1) is 8.58. The lowest BCUT2D eigenvalue weighted by Crippen LogP contribution is -1.78. The van der Waals surface area contributed by atoms with Crippen LogP contribution in [0.4, 0.5) is 0 Å². The Morgan fingerprint density at radius 2 is 2.09 bits per heavy atom. The predicted octanol–water partition coefficient (Wildman–Crippen LogP) is 3.84. The molecule has 0 unspecified atom stereocenters. The lowest BCUT2D eigenvalue weighted by atomic mass is 10.1. The van der Waals surface area contributed by atoms with Crippen LogP contribution in [0.5, 0.6) is 0 Å². The van der Waals surface area contributed by atoms with E-state index in [1.54, 1.807) is 16.7 Å². The van der Waals surface area contributed by atoms with Crippen molar-refractivity contribution < 1.29 is 0 Å². The Labute approximate surface area is 70.0 Å². The lowest BCUT2D eigenvalue weighted by Gasteiger charge is -1.98. The summed E-state index contributed by atoms with van der Waals surface area (Å²) < 4.78 is 0. The summed E-state index contributed by atoms with van der Waals surface area (Å²) in [4.78, 5) is 0. The number of hydrogen-bond donors (Lipinski definition) is 0. The summed E-state index contributed by atoms with van der Waals surface area (Å²) in [6, 6.07) is 0. The Bertz CT molecular complexity index is 194. The van der Waals surface area contributed by atoms with Crippen LogP contribution in [0.25, 0.3) is 0 Å². The van der Waals surface area contributed by atoms with Gasteiger partial charge in [-0.15, -0.1) is 0 Å². The molecule has 0 aromatic heterocycles. The molecule has 62 valence electrons. The molecule has 1 aliphatic rings. The zero-order valence-electron chi connectivity index (χ0n) is 7.91. The van der Waals surface area contributed by atoms with E-state index in [0.29, 0.717) is 0 Å². The fourth-order valence-corrected chi connectivity index (χ4v) is 1.76. The van der Waals surface area contributed by atoms with Gasteiger partial charge in [-0.05, 0) is 33.1 Å². The normalized spacial score (nSPS) is 21.9. The summed E-state index contributed by atoms with van der Waals surface area (Å²) in [5.41, 5.74) is 4.94. The Kier molecular flexibility index (Phi) is 2.92. The molecule has 0 amide bonds. The smallest absolute Gasteiger partial charge is 0.0103 e. The molecule has 0 N–H and O–H groups in total. The van der Waals surface area contributed by atoms with Crippen LogP contribution >= 0.6 is 0 Å². The Morgan fingerprint density at radius 3 is 2.55 bits per heavy atom. The standard InChI is InChI=1S/C11H18/c1-4-6-11-8-10(5-2)7-9(11)3/h5H,4,6-8H2,1-3H3/b10-5-. The number of allylic oxidation sites excluding steroid dienone is 4. The van der Waals surface area contributed by atoms with Crippen LogP contribution in [0.3, 0.4) is 0 Å². The molecule has 0 radical (unpaired) electrons. The molecule has 1 rings (SSSR count). The van der Waals surface area contributed by atoms with E-state index in [0.717, 1.165) is 0 Å². The molecule has 0 spiro atoms. The average molecular weight is 150 g/mol. The third kappa shape index (κ3) is 1.95. The topological polar surface area (TPSA) is 0 Å². The molecule has 0 aromatic rings. The van der Waals surface area contributed by atoms with E-state index in [4.69, 9.17) is 0 Å². The van der Waals surface area contributed by atoms with Crippen molar-refractivity contribution in [1.82, 2.24) is 0 Å². The maximum absolute atomic E-state index is 2.28. The molecular weight excluding hydrogens is 132 g/mol. The monoisotopic (exact) mass is 150 g/mol. The first-order valence-corrected chi connectivity index (χ1v) is 4.59. The van der Waals surface area contributed by atoms with E-state index in [-0.39, 0.29) is 0 Å². The Morgan fingerprint density at radius 1 is 1.36 bits per heavy atom. The minimum absolute atomic E-state index is 1.24. The van der Waals surface area contributed by atoms with E-state index in [9.17, 15) is 0 Å². The summed E-state index contributed by atoms with van der Waals surface area (Å²) in [5, 5.41) is 0. The summed E-state index contributed by atoms with van der Waals surface area (Å²) >= 11 is 0. The van der Waals surface area contributed by atoms with Crippen molar-refractivity contribution in [3.05, 3.63) is 22.8 Å². The van der Waals surface area contributed by atoms with Crippen LogP contribution in [-0.4, -0.2) is 0 Å². The average Bonchev–Trinajstić information content (AvgIpc) is 2.33. The zero-order chi connectivity index (χ0) is 8.27. The van der Waals surface area contributed by atoms with Crippen molar-refractivity contribution in [2.24, 2.45) is 0 Å². The molecular formula is C11H18. The van der Waals surface area contributed by atoms with E-state index in [1.165, 1.54) is 25.7 Å². The number of rotatable bonds is 2. The predicted molar refractivity (Wildman–Crippen MR) is 50.6 cm³/mol. The van der Waals surface area contributed by atoms with Gasteiger partial charge < -0.3 is 0 Å². The van der Waals surface area contributed by atoms with Gasteiger partial charge in [0.2, 0.25) is 0 Å². The molecule has 0 fully saturated rings. The fraction of sp³-hybridized carbons (Fsp3) is 0.636. The third-order valence-electron chi connectivity index (χ3n) is 2.50. The van der Waals surface area contributed by atoms with Gasteiger partial charge in [0.05, 0.1) is 0 Å². The maximum atomic E-state index is 2.28. The third-order valence-corrected chi connectivity index (χ3v) is 2.50. The van der Waals surface area contributed by atoms with Crippen LogP contribution < -0.4 is 0 Å². The fourth-order valence-electron chi connectivity index (χ4n) is 1.76. The van der Waals surface area contributed by atoms with Crippen LogP contribution in [0, 0.1) is 0 Å². The van der Waals surface area contributed by atoms with Gasteiger partial charge in [-0.1, -0.05) is 36.1 Å². The second-order valence-electron chi connectivity index (χ2n) is 3.43. The molecule has 0 atom stereocenters. The first-order valence-electron chi connectivity index (χ1n) is 4.59. The molecule has 0 heterocycles. The molecule has 0 heteroatoms. The van der Waals surface area contributed by atoms with E-state index in [1.807, 2.05) is 0 Å². The van der Waals surface area contributed by atoms with Crippen molar-refractivity contribution in [1.29, 1.82) is 0 Å². The van der Waals surface area contributed by atoms with Crippen LogP contribution in [0.2, 0.25) is 0 Å². The largest absolute Gasteiger partial charge is 0.0878 e. The summed E-state index contributed by atoms with van der Waals surface area (Å²) in [7, 11) is 0. The van der Waals surface area contributed by atoms with Gasteiger partial charge in [0.15, 0.2) is 0 Å². The van der Waals surface area contributed by atoms with Gasteiger partial charge in [-0.25, -0.2) is 0 Å². The highest BCUT2D eigenvalue weighted by atomic mass is 14.2. The summed E-state index contributed by atoms with van der Waals surface area (Å²) in [6.07, 6.45) is 7.38. The molecule has 0 aliphatic heterocycles. The van der Waals surface area contributed by atoms with Crippen LogP contribution in [0.15, 0.2) is 22.8 Å². The van der Waals surface area contributed by atoms with Gasteiger partial charge in [0.1, 0.15) is 0 Å². The maximum Gasteiger partial charge on any atom is -0.0103 e. The van der Waals surface area contributed by atoms with Crippen LogP contribution in [-0.2, 0) is 0 Å². The first-order chi connectivity index (χ1) is 5.27. The summed E-state index contributed by atoms with van der Waals surface area (Å²) in [6.45, 7) is 6.69. The quantitative estimate of drug-likeness (QED) is 0.524. The minimum Gasteiger partial charge on any atom is -0.0878 e. The van der Waals surface area contributed by atoms with Gasteiger partial charge in [0.25, 0.3) is 0 Å². The highest BCUT2D eigenvalue weighted by molar-refractivity contribution is 5.31. The molecule has 0 nitrogen and oxygen atoms in total. The van der Waals surface area contributed by atoms with Gasteiger partial charge >= 0.3 is 0 Å². The highest BCUT2D eigenvalue weighted by Crippen LogP contribution is 2.32. The molecule has 11 heavy (non-hydrogen) atoms. The van der Waals surface area contributed by atoms with E-state index >= 15 is 0 Å². The van der Waals surface area contributed by atoms with Crippen molar-refractivity contribution >= 4 is 0 Å². The molecule has 0 saturated heterocycles. The van der Waals surface area contributed by atoms with Gasteiger partial charge in [-0.3, -0.25) is 0 Å². The van der Waals surface area contributed by atoms with E-state index < -0.39 is 0 Å². The zero-order valence-corrected chi connectivity index (χ0v) is 7.91. The second kappa shape index (κ2) is 3.75. The van der Waals surface area contributed by atoms with Gasteiger partial charge in [0, 0.05) is 0 Å². The minimum atomic E-state index is 1.24. The van der Waals surface area contributed by atoms with E-state index in [2.05, 4.69) is 26.8 Å². The van der Waals surface area contributed by atoms with Crippen LogP contribution in [0.1, 0.15) is 46.5 Å². The lowest BCUT2D eigenvalue weighted by molar-refractivity contribution is 0.877. The van der Waals surface area contributed by atoms with Crippen molar-refractivity contribution in [2.75, 3.05) is 0 Å². The van der Waals surface area contributed by atoms with Gasteiger partial charge in [-0.2, -0.15) is 0 Å². The highest BCUT2D eigenvalue weighted by Gasteiger charge is 2.13. The van der Waals surface area contributed by atoms with Crippen molar-refractivity contribution in [3.8, 4) is 0 Å². The second-order valence-corrected chi connectivity index (χ2v) is 3.43.